The van der Waals surface area contributed by atoms with E-state index < -0.39 is 11.9 Å². The van der Waals surface area contributed by atoms with E-state index in [1.165, 1.54) is 12.4 Å². The average molecular weight is 398 g/mol. The van der Waals surface area contributed by atoms with Crippen LogP contribution in [0.4, 0.5) is 19.0 Å². The van der Waals surface area contributed by atoms with Crippen molar-refractivity contribution in [2.24, 2.45) is 7.05 Å². The topological polar surface area (TPSA) is 68.5 Å². The zero-order chi connectivity index (χ0) is 20.6. The Bertz CT molecular complexity index is 1170. The maximum atomic E-state index is 13.3. The molecule has 1 N–H and O–H groups in total. The number of nitrogens with zero attached hydrogens (tertiary/aromatic N) is 5. The fourth-order valence-electron chi connectivity index (χ4n) is 3.00. The largest absolute Gasteiger partial charge is 0.433 e. The maximum absolute atomic E-state index is 13.3. The van der Waals surface area contributed by atoms with E-state index in [0.717, 1.165) is 22.7 Å². The van der Waals surface area contributed by atoms with Crippen molar-refractivity contribution in [3.8, 4) is 11.4 Å². The second-order valence-electron chi connectivity index (χ2n) is 6.63. The minimum atomic E-state index is -4.59. The summed E-state index contributed by atoms with van der Waals surface area (Å²) in [6.45, 7) is 2.19. The highest BCUT2D eigenvalue weighted by Gasteiger charge is 2.33. The molecule has 4 aromatic rings. The van der Waals surface area contributed by atoms with Crippen molar-refractivity contribution in [2.75, 3.05) is 5.32 Å². The smallest absolute Gasteiger partial charge is 0.363 e. The van der Waals surface area contributed by atoms with Crippen molar-refractivity contribution < 1.29 is 13.2 Å². The summed E-state index contributed by atoms with van der Waals surface area (Å²) in [5.41, 5.74) is 2.31. The van der Waals surface area contributed by atoms with Crippen LogP contribution in [0.3, 0.4) is 0 Å². The van der Waals surface area contributed by atoms with E-state index in [4.69, 9.17) is 0 Å². The quantitative estimate of drug-likeness (QED) is 0.553. The van der Waals surface area contributed by atoms with E-state index in [0.29, 0.717) is 11.4 Å². The van der Waals surface area contributed by atoms with Gasteiger partial charge in [0.05, 0.1) is 17.6 Å². The lowest BCUT2D eigenvalue weighted by molar-refractivity contribution is -0.141. The molecule has 0 spiro atoms. The lowest BCUT2D eigenvalue weighted by atomic mass is 10.2. The van der Waals surface area contributed by atoms with E-state index in [1.807, 2.05) is 36.7 Å². The predicted octanol–water partition coefficient (Wildman–Crippen LogP) is 4.36. The Morgan fingerprint density at radius 3 is 2.48 bits per heavy atom. The van der Waals surface area contributed by atoms with E-state index in [1.54, 1.807) is 12.1 Å². The second kappa shape index (κ2) is 7.16. The molecule has 0 fully saturated rings. The Kier molecular flexibility index (Phi) is 4.65. The number of hydrogen-bond donors (Lipinski definition) is 1. The molecule has 0 aliphatic carbocycles. The number of rotatable bonds is 4. The predicted molar refractivity (Wildman–Crippen MR) is 103 cm³/mol. The molecule has 148 valence electrons. The summed E-state index contributed by atoms with van der Waals surface area (Å²) in [4.78, 5) is 16.3. The number of aryl methyl sites for hydroxylation is 2. The zero-order valence-electron chi connectivity index (χ0n) is 15.7. The van der Waals surface area contributed by atoms with E-state index in [2.05, 4.69) is 25.3 Å². The van der Waals surface area contributed by atoms with Gasteiger partial charge in [-0.05, 0) is 36.8 Å². The number of hydrogen-bond acceptors (Lipinski definition) is 5. The summed E-state index contributed by atoms with van der Waals surface area (Å²) >= 11 is 0. The van der Waals surface area contributed by atoms with Gasteiger partial charge >= 0.3 is 6.18 Å². The molecule has 0 aliphatic rings. The minimum absolute atomic E-state index is 0.0228. The number of imidazole rings is 1. The first-order chi connectivity index (χ1) is 13.8. The van der Waals surface area contributed by atoms with Crippen molar-refractivity contribution >= 4 is 16.9 Å². The molecule has 3 aromatic heterocycles. The van der Waals surface area contributed by atoms with Crippen LogP contribution in [0.15, 0.2) is 48.8 Å². The third-order valence-electron chi connectivity index (χ3n) is 4.51. The highest BCUT2D eigenvalue weighted by molar-refractivity contribution is 5.76. The van der Waals surface area contributed by atoms with Gasteiger partial charge in [-0.25, -0.2) is 15.0 Å². The summed E-state index contributed by atoms with van der Waals surface area (Å²) < 4.78 is 41.9. The van der Waals surface area contributed by atoms with Crippen molar-refractivity contribution in [3.05, 3.63) is 65.9 Å². The number of halogens is 3. The van der Waals surface area contributed by atoms with Gasteiger partial charge in [0.1, 0.15) is 11.6 Å². The number of fused-ring (bicyclic) bond motifs is 1. The molecule has 0 atom stereocenters. The Labute approximate surface area is 164 Å². The Morgan fingerprint density at radius 2 is 1.76 bits per heavy atom. The van der Waals surface area contributed by atoms with Crippen LogP contribution in [0, 0.1) is 6.92 Å². The summed E-state index contributed by atoms with van der Waals surface area (Å²) in [5.74, 6) is 0.732. The van der Waals surface area contributed by atoms with E-state index in [-0.39, 0.29) is 18.2 Å². The summed E-state index contributed by atoms with van der Waals surface area (Å²) in [6, 6.07) is 9.95. The van der Waals surface area contributed by atoms with Gasteiger partial charge in [0.25, 0.3) is 0 Å². The molecule has 6 nitrogen and oxygen atoms in total. The number of pyridine rings is 1. The van der Waals surface area contributed by atoms with Crippen LogP contribution in [0.25, 0.3) is 22.4 Å². The number of aromatic nitrogens is 5. The molecule has 0 saturated heterocycles. The summed E-state index contributed by atoms with van der Waals surface area (Å²) in [5, 5.41) is 2.95. The van der Waals surface area contributed by atoms with Crippen LogP contribution in [0.1, 0.15) is 17.1 Å². The van der Waals surface area contributed by atoms with Crippen molar-refractivity contribution in [1.29, 1.82) is 0 Å². The lowest BCUT2D eigenvalue weighted by Crippen LogP contribution is -2.13. The molecule has 0 saturated carbocycles. The third kappa shape index (κ3) is 3.89. The third-order valence-corrected chi connectivity index (χ3v) is 4.51. The Balaban J connectivity index is 1.67. The monoisotopic (exact) mass is 398 g/mol. The first-order valence-corrected chi connectivity index (χ1v) is 8.84. The second-order valence-corrected chi connectivity index (χ2v) is 6.63. The van der Waals surface area contributed by atoms with Crippen molar-refractivity contribution in [1.82, 2.24) is 24.5 Å². The fraction of sp³-hybridized carbons (Fsp3) is 0.200. The van der Waals surface area contributed by atoms with Gasteiger partial charge in [-0.2, -0.15) is 13.2 Å². The normalized spacial score (nSPS) is 11.8. The van der Waals surface area contributed by atoms with Gasteiger partial charge in [0, 0.05) is 31.1 Å². The highest BCUT2D eigenvalue weighted by atomic mass is 19.4. The Hall–Kier alpha value is -3.49. The van der Waals surface area contributed by atoms with Crippen molar-refractivity contribution in [3.63, 3.8) is 0 Å². The number of anilines is 1. The average Bonchev–Trinajstić information content (AvgIpc) is 3.01. The highest BCUT2D eigenvalue weighted by Crippen LogP contribution is 2.30. The van der Waals surface area contributed by atoms with Crippen LogP contribution in [-0.2, 0) is 19.8 Å². The molecule has 4 rings (SSSR count). The molecule has 1 aromatic carbocycles. The Morgan fingerprint density at radius 1 is 1.00 bits per heavy atom. The van der Waals surface area contributed by atoms with Gasteiger partial charge in [0.15, 0.2) is 11.5 Å². The number of benzene rings is 1. The van der Waals surface area contributed by atoms with Gasteiger partial charge < -0.3 is 9.88 Å². The standard InChI is InChI=1S/C20H17F3N6/c1-12-3-4-15-14(9-12)26-18(29(15)2)11-25-17-10-16(20(21,22)23)27-19(28-17)13-5-7-24-8-6-13/h3-10H,11H2,1-2H3,(H,25,27,28). The van der Waals surface area contributed by atoms with Gasteiger partial charge in [-0.3, -0.25) is 4.98 Å². The maximum Gasteiger partial charge on any atom is 0.433 e. The van der Waals surface area contributed by atoms with Crippen LogP contribution < -0.4 is 5.32 Å². The molecule has 3 heterocycles. The molecule has 0 bridgehead atoms. The first-order valence-electron chi connectivity index (χ1n) is 8.84. The van der Waals surface area contributed by atoms with Crippen molar-refractivity contribution in [2.45, 2.75) is 19.6 Å². The SMILES string of the molecule is Cc1ccc2c(c1)nc(CNc1cc(C(F)(F)F)nc(-c3ccncc3)n1)n2C. The lowest BCUT2D eigenvalue weighted by Gasteiger charge is -2.12. The van der Waals surface area contributed by atoms with Crippen LogP contribution >= 0.6 is 0 Å². The van der Waals surface area contributed by atoms with E-state index >= 15 is 0 Å². The molecular weight excluding hydrogens is 381 g/mol. The van der Waals surface area contributed by atoms with Gasteiger partial charge in [-0.1, -0.05) is 6.07 Å². The van der Waals surface area contributed by atoms with Gasteiger partial charge in [0.2, 0.25) is 0 Å². The minimum Gasteiger partial charge on any atom is -0.363 e. The molecule has 0 aliphatic heterocycles. The molecule has 0 amide bonds. The number of nitrogens with one attached hydrogen (secondary N) is 1. The van der Waals surface area contributed by atoms with Crippen LogP contribution in [0.2, 0.25) is 0 Å². The molecule has 29 heavy (non-hydrogen) atoms. The first kappa shape index (κ1) is 18.9. The van der Waals surface area contributed by atoms with Crippen LogP contribution in [0.5, 0.6) is 0 Å². The van der Waals surface area contributed by atoms with Gasteiger partial charge in [-0.15, -0.1) is 0 Å². The molecular formula is C20H17F3N6. The molecule has 0 unspecified atom stereocenters. The number of alkyl halides is 3. The fourth-order valence-corrected chi connectivity index (χ4v) is 3.00. The zero-order valence-corrected chi connectivity index (χ0v) is 15.7. The van der Waals surface area contributed by atoms with E-state index in [9.17, 15) is 13.2 Å². The molecule has 9 heteroatoms. The van der Waals surface area contributed by atoms with Crippen LogP contribution in [-0.4, -0.2) is 24.5 Å². The summed E-state index contributed by atoms with van der Waals surface area (Å²) in [7, 11) is 1.87. The molecule has 0 radical (unpaired) electrons. The summed E-state index contributed by atoms with van der Waals surface area (Å²) in [6.07, 6.45) is -1.63.